The maximum Gasteiger partial charge on any atom is -0.0144 e. The van der Waals surface area contributed by atoms with Crippen molar-refractivity contribution in [3.8, 4) is 0 Å². The van der Waals surface area contributed by atoms with E-state index in [9.17, 15) is 0 Å². The molecule has 0 aromatic heterocycles. The van der Waals surface area contributed by atoms with Crippen molar-refractivity contribution in [2.24, 2.45) is 16.7 Å². The first-order valence-electron chi connectivity index (χ1n) is 4.15. The molecule has 0 aromatic carbocycles. The molecule has 0 amide bonds. The Kier molecular flexibility index (Phi) is 0.867. The van der Waals surface area contributed by atoms with Gasteiger partial charge in [0.05, 0.1) is 0 Å². The van der Waals surface area contributed by atoms with Gasteiger partial charge in [-0.05, 0) is 29.6 Å². The fraction of sp³-hybridized carbons (Fsp3) is 0.800. The van der Waals surface area contributed by atoms with Gasteiger partial charge < -0.3 is 0 Å². The summed E-state index contributed by atoms with van der Waals surface area (Å²) in [7, 11) is 0. The number of rotatable bonds is 0. The zero-order valence-corrected chi connectivity index (χ0v) is 7.20. The fourth-order valence-corrected chi connectivity index (χ4v) is 2.84. The van der Waals surface area contributed by atoms with Gasteiger partial charge >= 0.3 is 0 Å². The van der Waals surface area contributed by atoms with Crippen molar-refractivity contribution >= 4 is 0 Å². The Hall–Kier alpha value is -0.260. The molecule has 3 saturated carbocycles. The average Bonchev–Trinajstić information content (AvgIpc) is 2.17. The van der Waals surface area contributed by atoms with Crippen molar-refractivity contribution in [2.75, 3.05) is 0 Å². The fourth-order valence-electron chi connectivity index (χ4n) is 2.84. The molecular weight excluding hydrogens is 120 g/mol. The third-order valence-electron chi connectivity index (χ3n) is 4.19. The molecular formula is C10H16. The van der Waals surface area contributed by atoms with Gasteiger partial charge in [0.15, 0.2) is 0 Å². The van der Waals surface area contributed by atoms with Gasteiger partial charge in [0.2, 0.25) is 0 Å². The Morgan fingerprint density at radius 3 is 2.10 bits per heavy atom. The lowest BCUT2D eigenvalue weighted by molar-refractivity contribution is -0.0344. The smallest absolute Gasteiger partial charge is 0.0144 e. The van der Waals surface area contributed by atoms with E-state index < -0.39 is 0 Å². The van der Waals surface area contributed by atoms with Crippen molar-refractivity contribution in [2.45, 2.75) is 33.6 Å². The Morgan fingerprint density at radius 1 is 1.40 bits per heavy atom. The molecule has 0 nitrogen and oxygen atoms in total. The first kappa shape index (κ1) is 6.45. The van der Waals surface area contributed by atoms with Gasteiger partial charge in [-0.15, -0.1) is 0 Å². The van der Waals surface area contributed by atoms with E-state index in [2.05, 4.69) is 27.4 Å². The zero-order valence-electron chi connectivity index (χ0n) is 7.20. The van der Waals surface area contributed by atoms with E-state index in [1.54, 1.807) is 0 Å². The molecule has 0 saturated heterocycles. The van der Waals surface area contributed by atoms with Crippen molar-refractivity contribution in [1.29, 1.82) is 0 Å². The summed E-state index contributed by atoms with van der Waals surface area (Å²) in [5.74, 6) is 0.845. The van der Waals surface area contributed by atoms with Crippen LogP contribution in [0.5, 0.6) is 0 Å². The molecule has 0 aliphatic heterocycles. The number of hydrogen-bond donors (Lipinski definition) is 0. The van der Waals surface area contributed by atoms with Crippen LogP contribution in [0.1, 0.15) is 33.6 Å². The quantitative estimate of drug-likeness (QED) is 0.449. The molecule has 56 valence electrons. The molecule has 0 N–H and O–H groups in total. The van der Waals surface area contributed by atoms with Crippen LogP contribution in [0.15, 0.2) is 12.2 Å². The van der Waals surface area contributed by atoms with Crippen LogP contribution in [0.4, 0.5) is 0 Å². The summed E-state index contributed by atoms with van der Waals surface area (Å²) in [4.78, 5) is 0. The standard InChI is InChI=1S/C10H16/c1-7-5-10(4)6-8(7)9(10,2)3/h8H,1,5-6H2,2-4H3. The molecule has 2 bridgehead atoms. The minimum atomic E-state index is 0.560. The van der Waals surface area contributed by atoms with Crippen molar-refractivity contribution in [3.05, 3.63) is 12.2 Å². The van der Waals surface area contributed by atoms with Crippen molar-refractivity contribution < 1.29 is 0 Å². The van der Waals surface area contributed by atoms with E-state index in [4.69, 9.17) is 0 Å². The summed E-state index contributed by atoms with van der Waals surface area (Å²) < 4.78 is 0. The maximum absolute atomic E-state index is 4.12. The molecule has 0 spiro atoms. The van der Waals surface area contributed by atoms with Gasteiger partial charge in [0, 0.05) is 0 Å². The second-order valence-electron chi connectivity index (χ2n) is 4.87. The monoisotopic (exact) mass is 136 g/mol. The summed E-state index contributed by atoms with van der Waals surface area (Å²) in [5.41, 5.74) is 2.67. The topological polar surface area (TPSA) is 0 Å². The highest BCUT2D eigenvalue weighted by Crippen LogP contribution is 2.71. The molecule has 0 radical (unpaired) electrons. The first-order valence-corrected chi connectivity index (χ1v) is 4.15. The van der Waals surface area contributed by atoms with Crippen LogP contribution in [-0.2, 0) is 0 Å². The van der Waals surface area contributed by atoms with Crippen LogP contribution in [0.2, 0.25) is 0 Å². The van der Waals surface area contributed by atoms with Crippen LogP contribution in [0.3, 0.4) is 0 Å². The lowest BCUT2D eigenvalue weighted by atomic mass is 9.52. The number of allylic oxidation sites excluding steroid dienone is 1. The largest absolute Gasteiger partial charge is 0.0995 e. The van der Waals surface area contributed by atoms with Crippen LogP contribution in [-0.4, -0.2) is 0 Å². The highest BCUT2D eigenvalue weighted by atomic mass is 14.7. The Morgan fingerprint density at radius 2 is 2.00 bits per heavy atom. The molecule has 0 heterocycles. The third kappa shape index (κ3) is 0.426. The summed E-state index contributed by atoms with van der Waals surface area (Å²) in [6, 6.07) is 0. The molecule has 10 heavy (non-hydrogen) atoms. The Labute approximate surface area is 63.3 Å². The summed E-state index contributed by atoms with van der Waals surface area (Å²) in [6.45, 7) is 11.3. The summed E-state index contributed by atoms with van der Waals surface area (Å²) in [5, 5.41) is 0. The minimum Gasteiger partial charge on any atom is -0.0995 e. The van der Waals surface area contributed by atoms with Gasteiger partial charge in [0.1, 0.15) is 0 Å². The second kappa shape index (κ2) is 1.34. The SMILES string of the molecule is C=C1CC2(C)CC1C2(C)C. The van der Waals surface area contributed by atoms with Crippen LogP contribution < -0.4 is 0 Å². The van der Waals surface area contributed by atoms with Crippen LogP contribution in [0.25, 0.3) is 0 Å². The Balaban J connectivity index is 2.40. The van der Waals surface area contributed by atoms with Crippen molar-refractivity contribution in [1.82, 2.24) is 0 Å². The highest BCUT2D eigenvalue weighted by molar-refractivity contribution is 5.28. The second-order valence-corrected chi connectivity index (χ2v) is 4.87. The lowest BCUT2D eigenvalue weighted by Crippen LogP contribution is -2.45. The summed E-state index contributed by atoms with van der Waals surface area (Å²) in [6.07, 6.45) is 2.68. The molecule has 3 rings (SSSR count). The van der Waals surface area contributed by atoms with Gasteiger partial charge in [0.25, 0.3) is 0 Å². The molecule has 3 fully saturated rings. The van der Waals surface area contributed by atoms with E-state index in [1.165, 1.54) is 18.4 Å². The van der Waals surface area contributed by atoms with Gasteiger partial charge in [-0.25, -0.2) is 0 Å². The van der Waals surface area contributed by atoms with Gasteiger partial charge in [-0.3, -0.25) is 0 Å². The van der Waals surface area contributed by atoms with Crippen LogP contribution in [0, 0.1) is 16.7 Å². The van der Waals surface area contributed by atoms with Crippen molar-refractivity contribution in [3.63, 3.8) is 0 Å². The first-order chi connectivity index (χ1) is 4.47. The van der Waals surface area contributed by atoms with E-state index in [0.717, 1.165) is 5.92 Å². The maximum atomic E-state index is 4.12. The Bertz CT molecular complexity index is 197. The summed E-state index contributed by atoms with van der Waals surface area (Å²) >= 11 is 0. The van der Waals surface area contributed by atoms with E-state index in [0.29, 0.717) is 10.8 Å². The van der Waals surface area contributed by atoms with E-state index >= 15 is 0 Å². The normalized spacial score (nSPS) is 49.1. The molecule has 0 heteroatoms. The zero-order chi connectivity index (χ0) is 7.57. The minimum absolute atomic E-state index is 0.560. The molecule has 3 aliphatic carbocycles. The highest BCUT2D eigenvalue weighted by Gasteiger charge is 2.63. The number of hydrogen-bond acceptors (Lipinski definition) is 0. The predicted molar refractivity (Wildman–Crippen MR) is 43.8 cm³/mol. The molecule has 2 atom stereocenters. The number of fused-ring (bicyclic) bond motifs is 1. The lowest BCUT2D eigenvalue weighted by Gasteiger charge is -2.52. The van der Waals surface area contributed by atoms with Gasteiger partial charge in [-0.1, -0.05) is 32.9 Å². The third-order valence-corrected chi connectivity index (χ3v) is 4.19. The van der Waals surface area contributed by atoms with E-state index in [-0.39, 0.29) is 0 Å². The molecule has 0 aromatic rings. The predicted octanol–water partition coefficient (Wildman–Crippen LogP) is 3.00. The average molecular weight is 136 g/mol. The molecule has 2 unspecified atom stereocenters. The van der Waals surface area contributed by atoms with Crippen LogP contribution >= 0.6 is 0 Å². The van der Waals surface area contributed by atoms with Gasteiger partial charge in [-0.2, -0.15) is 0 Å². The van der Waals surface area contributed by atoms with E-state index in [1.807, 2.05) is 0 Å². The molecule has 3 aliphatic rings.